The third-order valence-corrected chi connectivity index (χ3v) is 12.2. The number of unbranched alkanes of at least 4 members (excludes halogenated alkanes) is 11. The number of hydrogen-bond donors (Lipinski definition) is 2. The number of carbonyl (C=O) groups is 3. The summed E-state index contributed by atoms with van der Waals surface area (Å²) >= 11 is 0. The maximum absolute atomic E-state index is 12.9. The van der Waals surface area contributed by atoms with Crippen molar-refractivity contribution in [2.75, 3.05) is 26.4 Å². The first-order valence-corrected chi connectivity index (χ1v) is 30.2. The minimum absolute atomic E-state index is 0.0678. The van der Waals surface area contributed by atoms with Crippen LogP contribution in [0.1, 0.15) is 201 Å². The van der Waals surface area contributed by atoms with Crippen LogP contribution in [0.5, 0.6) is 0 Å². The lowest BCUT2D eigenvalue weighted by molar-refractivity contribution is -0.161. The third-order valence-electron chi connectivity index (χ3n) is 11.3. The van der Waals surface area contributed by atoms with Gasteiger partial charge in [0.05, 0.1) is 26.2 Å². The van der Waals surface area contributed by atoms with Crippen LogP contribution in [0.25, 0.3) is 0 Å². The number of phosphoric ester groups is 1. The second-order valence-corrected chi connectivity index (χ2v) is 19.8. The van der Waals surface area contributed by atoms with Crippen LogP contribution in [0.2, 0.25) is 0 Å². The summed E-state index contributed by atoms with van der Waals surface area (Å²) in [5.74, 6) is -1.70. The van der Waals surface area contributed by atoms with Crippen LogP contribution >= 0.6 is 7.82 Å². The van der Waals surface area contributed by atoms with Gasteiger partial charge >= 0.3 is 25.7 Å². The molecule has 0 aromatic carbocycles. The molecule has 0 saturated carbocycles. The van der Waals surface area contributed by atoms with Crippen LogP contribution in [-0.4, -0.2) is 66.5 Å². The van der Waals surface area contributed by atoms with Crippen molar-refractivity contribution in [2.45, 2.75) is 213 Å². The molecule has 0 aromatic rings. The zero-order chi connectivity index (χ0) is 55.5. The minimum atomic E-state index is -4.80. The first-order valence-electron chi connectivity index (χ1n) is 28.7. The molecule has 0 radical (unpaired) electrons. The van der Waals surface area contributed by atoms with E-state index in [0.29, 0.717) is 25.7 Å². The molecule has 3 unspecified atom stereocenters. The van der Waals surface area contributed by atoms with E-state index in [4.69, 9.17) is 23.3 Å². The molecule has 12 heteroatoms. The van der Waals surface area contributed by atoms with E-state index in [1.807, 2.05) is 30.4 Å². The van der Waals surface area contributed by atoms with Gasteiger partial charge in [-0.05, 0) is 116 Å². The number of esters is 3. The predicted octanol–water partition coefficient (Wildman–Crippen LogP) is 17.1. The van der Waals surface area contributed by atoms with E-state index in [1.165, 1.54) is 38.5 Å². The van der Waals surface area contributed by atoms with E-state index in [1.54, 1.807) is 6.08 Å². The Balaban J connectivity index is 4.93. The van der Waals surface area contributed by atoms with Gasteiger partial charge in [-0.2, -0.15) is 0 Å². The summed E-state index contributed by atoms with van der Waals surface area (Å²) in [6.45, 7) is 4.18. The maximum Gasteiger partial charge on any atom is 0.472 e. The SMILES string of the molecule is CC/C=C\C/C=C\C/C=C\C/C=C\C/C=C\CCCC(=O)OC(COC(=O)CCCCCCCCC/C=C\C/C=C\CCCCC)COP(=O)(O)OCC(CO)OC(=O)C/C=C\C/C=C\C/C=C\C/C=C\C/C=C\CC. The van der Waals surface area contributed by atoms with Crippen molar-refractivity contribution in [3.63, 3.8) is 0 Å². The van der Waals surface area contributed by atoms with Gasteiger partial charge in [0, 0.05) is 12.8 Å². The second kappa shape index (κ2) is 56.6. The lowest BCUT2D eigenvalue weighted by Crippen LogP contribution is -2.30. The highest BCUT2D eigenvalue weighted by atomic mass is 31.2. The van der Waals surface area contributed by atoms with Crippen LogP contribution in [0, 0.1) is 0 Å². The smallest absolute Gasteiger partial charge is 0.462 e. The highest BCUT2D eigenvalue weighted by molar-refractivity contribution is 7.47. The van der Waals surface area contributed by atoms with Gasteiger partial charge < -0.3 is 24.2 Å². The predicted molar refractivity (Wildman–Crippen MR) is 316 cm³/mol. The van der Waals surface area contributed by atoms with Crippen LogP contribution in [0.3, 0.4) is 0 Å². The Morgan fingerprint density at radius 2 is 0.750 bits per heavy atom. The molecule has 11 nitrogen and oxygen atoms in total. The van der Waals surface area contributed by atoms with Crippen molar-refractivity contribution < 1.29 is 52.2 Å². The number of phosphoric acid groups is 1. The van der Waals surface area contributed by atoms with E-state index in [-0.39, 0.29) is 25.9 Å². The van der Waals surface area contributed by atoms with Crippen molar-refractivity contribution in [3.05, 3.63) is 146 Å². The van der Waals surface area contributed by atoms with Gasteiger partial charge in [-0.1, -0.05) is 212 Å². The molecule has 428 valence electrons. The number of hydrogen-bond acceptors (Lipinski definition) is 10. The minimum Gasteiger partial charge on any atom is -0.462 e. The molecule has 0 saturated heterocycles. The largest absolute Gasteiger partial charge is 0.472 e. The highest BCUT2D eigenvalue weighted by Gasteiger charge is 2.28. The Hall–Kier alpha value is -4.64. The number of aliphatic hydroxyl groups excluding tert-OH is 1. The summed E-state index contributed by atoms with van der Waals surface area (Å²) < 4.78 is 39.3. The van der Waals surface area contributed by atoms with Crippen molar-refractivity contribution in [3.8, 4) is 0 Å². The summed E-state index contributed by atoms with van der Waals surface area (Å²) in [7, 11) is -4.80. The fourth-order valence-electron chi connectivity index (χ4n) is 6.97. The maximum atomic E-state index is 12.9. The van der Waals surface area contributed by atoms with Gasteiger partial charge in [0.15, 0.2) is 6.10 Å². The zero-order valence-electron chi connectivity index (χ0n) is 47.2. The standard InChI is InChI=1S/C64H101O11P/c1-4-7-10-13-16-19-22-25-28-30-33-35-38-41-44-47-50-53-62(66)71-57-61(75-64(68)55-52-49-46-43-40-37-34-31-29-26-23-20-17-14-11-8-5-2)59-73-76(69,70)72-58-60(56-65)74-63(67)54-51-48-45-42-39-36-32-27-24-21-18-15-12-9-6-3/h8-9,11-12,16-21,25-29,32,34,37,39,42-43,46,48,51,60-61,65H,4-7,10,13-15,22-24,30-31,33,35-36,38,40-41,44-45,47,49-50,52-59H2,1-3H3,(H,69,70)/b11-8-,12-9-,19-16-,20-17-,21-18-,28-25-,29-26-,32-27-,37-34-,42-39-,46-43-,51-48-. The van der Waals surface area contributed by atoms with Crippen molar-refractivity contribution in [2.24, 2.45) is 0 Å². The monoisotopic (exact) mass is 1080 g/mol. The lowest BCUT2D eigenvalue weighted by atomic mass is 10.1. The fraction of sp³-hybridized carbons (Fsp3) is 0.578. The van der Waals surface area contributed by atoms with E-state index in [9.17, 15) is 28.9 Å². The molecular weight excluding hydrogens is 976 g/mol. The zero-order valence-corrected chi connectivity index (χ0v) is 48.0. The van der Waals surface area contributed by atoms with Crippen LogP contribution in [0.4, 0.5) is 0 Å². The first kappa shape index (κ1) is 71.4. The van der Waals surface area contributed by atoms with Crippen molar-refractivity contribution in [1.82, 2.24) is 0 Å². The Labute approximate surface area is 461 Å². The molecule has 0 fully saturated rings. The lowest BCUT2D eigenvalue weighted by Gasteiger charge is -2.21. The molecule has 0 rings (SSSR count). The molecule has 0 aliphatic rings. The summed E-state index contributed by atoms with van der Waals surface area (Å²) in [5, 5.41) is 9.79. The molecule has 2 N–H and O–H groups in total. The summed E-state index contributed by atoms with van der Waals surface area (Å²) in [6, 6.07) is 0. The van der Waals surface area contributed by atoms with Crippen molar-refractivity contribution in [1.29, 1.82) is 0 Å². The second-order valence-electron chi connectivity index (χ2n) is 18.3. The number of allylic oxidation sites excluding steroid dienone is 23. The van der Waals surface area contributed by atoms with E-state index in [2.05, 4.69) is 130 Å². The van der Waals surface area contributed by atoms with Crippen molar-refractivity contribution >= 4 is 25.7 Å². The molecule has 0 aromatic heterocycles. The summed E-state index contributed by atoms with van der Waals surface area (Å²) in [6.07, 6.45) is 72.7. The van der Waals surface area contributed by atoms with E-state index >= 15 is 0 Å². The van der Waals surface area contributed by atoms with Gasteiger partial charge in [-0.25, -0.2) is 4.57 Å². The number of aliphatic hydroxyl groups is 1. The highest BCUT2D eigenvalue weighted by Crippen LogP contribution is 2.43. The molecular formula is C64H101O11P. The molecule has 0 bridgehead atoms. The molecule has 0 spiro atoms. The molecule has 3 atom stereocenters. The third kappa shape index (κ3) is 54.2. The van der Waals surface area contributed by atoms with Gasteiger partial charge in [0.2, 0.25) is 0 Å². The van der Waals surface area contributed by atoms with Gasteiger partial charge in [0.25, 0.3) is 0 Å². The quantitative estimate of drug-likeness (QED) is 0.0197. The Bertz CT molecular complexity index is 1830. The molecule has 0 aliphatic heterocycles. The molecule has 0 heterocycles. The average Bonchev–Trinajstić information content (AvgIpc) is 3.41. The van der Waals surface area contributed by atoms with E-state index < -0.39 is 57.8 Å². The normalized spacial score (nSPS) is 14.4. The molecule has 0 amide bonds. The van der Waals surface area contributed by atoms with Crippen LogP contribution in [0.15, 0.2) is 146 Å². The molecule has 76 heavy (non-hydrogen) atoms. The number of carbonyl (C=O) groups excluding carboxylic acids is 3. The Kier molecular flexibility index (Phi) is 53.1. The fourth-order valence-corrected chi connectivity index (χ4v) is 7.75. The van der Waals surface area contributed by atoms with Crippen LogP contribution in [-0.2, 0) is 42.2 Å². The molecule has 0 aliphatic carbocycles. The first-order chi connectivity index (χ1) is 37.2. The summed E-state index contributed by atoms with van der Waals surface area (Å²) in [5.41, 5.74) is 0. The van der Waals surface area contributed by atoms with Crippen LogP contribution < -0.4 is 0 Å². The van der Waals surface area contributed by atoms with Gasteiger partial charge in [-0.3, -0.25) is 23.4 Å². The number of rotatable bonds is 51. The number of ether oxygens (including phenoxy) is 3. The Morgan fingerprint density at radius 3 is 1.20 bits per heavy atom. The van der Waals surface area contributed by atoms with E-state index in [0.717, 1.165) is 96.3 Å². The Morgan fingerprint density at radius 1 is 0.395 bits per heavy atom. The van der Waals surface area contributed by atoms with Gasteiger partial charge in [-0.15, -0.1) is 0 Å². The summed E-state index contributed by atoms with van der Waals surface area (Å²) in [4.78, 5) is 48.5. The van der Waals surface area contributed by atoms with Gasteiger partial charge in [0.1, 0.15) is 12.7 Å². The average molecular weight is 1080 g/mol. The topological polar surface area (TPSA) is 155 Å².